The maximum Gasteiger partial charge on any atom is 0.349 e. The Bertz CT molecular complexity index is 736. The van der Waals surface area contributed by atoms with E-state index in [9.17, 15) is 9.90 Å². The zero-order chi connectivity index (χ0) is 15.4. The van der Waals surface area contributed by atoms with Gasteiger partial charge < -0.3 is 14.4 Å². The van der Waals surface area contributed by atoms with Gasteiger partial charge in [-0.15, -0.1) is 0 Å². The van der Waals surface area contributed by atoms with Crippen LogP contribution >= 0.6 is 11.6 Å². The van der Waals surface area contributed by atoms with Gasteiger partial charge in [0.1, 0.15) is 23.5 Å². The fraction of sp³-hybridized carbons (Fsp3) is 0.333. The van der Waals surface area contributed by atoms with Gasteiger partial charge in [0.2, 0.25) is 0 Å². The summed E-state index contributed by atoms with van der Waals surface area (Å²) >= 11 is 5.92. The summed E-state index contributed by atoms with van der Waals surface area (Å²) in [6.45, 7) is 4.10. The highest BCUT2D eigenvalue weighted by molar-refractivity contribution is 6.31. The number of hydrogen-bond donors (Lipinski definition) is 1. The Morgan fingerprint density at radius 2 is 2.19 bits per heavy atom. The summed E-state index contributed by atoms with van der Waals surface area (Å²) in [6.07, 6.45) is 1.24. The molecule has 5 nitrogen and oxygen atoms in total. The van der Waals surface area contributed by atoms with Gasteiger partial charge in [-0.1, -0.05) is 30.1 Å². The van der Waals surface area contributed by atoms with Crippen LogP contribution in [0.1, 0.15) is 32.3 Å². The van der Waals surface area contributed by atoms with Crippen molar-refractivity contribution in [1.29, 1.82) is 0 Å². The molecule has 0 spiro atoms. The zero-order valence-corrected chi connectivity index (χ0v) is 12.6. The lowest BCUT2D eigenvalue weighted by Gasteiger charge is -2.08. The number of rotatable bonds is 5. The first-order valence-electron chi connectivity index (χ1n) is 6.73. The van der Waals surface area contributed by atoms with Crippen LogP contribution in [0.4, 0.5) is 0 Å². The van der Waals surface area contributed by atoms with E-state index in [-0.39, 0.29) is 16.9 Å². The highest BCUT2D eigenvalue weighted by Gasteiger charge is 2.19. The monoisotopic (exact) mass is 309 g/mol. The van der Waals surface area contributed by atoms with Gasteiger partial charge in [0.25, 0.3) is 0 Å². The first kappa shape index (κ1) is 15.4. The topological polar surface area (TPSA) is 72.0 Å². The summed E-state index contributed by atoms with van der Waals surface area (Å²) in [5.74, 6) is -0.185. The quantitative estimate of drug-likeness (QED) is 0.519. The molecule has 0 saturated carbocycles. The summed E-state index contributed by atoms with van der Waals surface area (Å²) < 4.78 is 5.23. The molecule has 0 bridgehead atoms. The van der Waals surface area contributed by atoms with Crippen LogP contribution in [0.15, 0.2) is 32.6 Å². The van der Waals surface area contributed by atoms with Crippen molar-refractivity contribution in [2.45, 2.75) is 26.7 Å². The standard InChI is InChI=1S/C15H16ClNO4/c1-3-5-11(17-20-4-2)13-14(18)10-8-9(16)6-7-12(10)21-15(13)19/h6-8,18H,3-5H2,1-2H3/b17-11+. The Kier molecular flexibility index (Phi) is 4.85. The van der Waals surface area contributed by atoms with E-state index >= 15 is 0 Å². The molecular weight excluding hydrogens is 294 g/mol. The molecule has 0 saturated heterocycles. The summed E-state index contributed by atoms with van der Waals surface area (Å²) in [5, 5.41) is 15.1. The summed E-state index contributed by atoms with van der Waals surface area (Å²) in [4.78, 5) is 17.1. The van der Waals surface area contributed by atoms with Crippen LogP contribution in [0.2, 0.25) is 5.02 Å². The first-order chi connectivity index (χ1) is 10.1. The molecule has 112 valence electrons. The number of oxime groups is 1. The minimum atomic E-state index is -0.644. The molecule has 1 aromatic carbocycles. The molecule has 0 unspecified atom stereocenters. The minimum absolute atomic E-state index is 0.0278. The van der Waals surface area contributed by atoms with Gasteiger partial charge in [0.15, 0.2) is 0 Å². The number of hydrogen-bond acceptors (Lipinski definition) is 5. The number of nitrogens with zero attached hydrogens (tertiary/aromatic N) is 1. The van der Waals surface area contributed by atoms with E-state index in [0.29, 0.717) is 29.1 Å². The van der Waals surface area contributed by atoms with E-state index < -0.39 is 5.63 Å². The SMILES string of the molecule is CCC/C(=N\OCC)c1c(O)c2cc(Cl)ccc2oc1=O. The third-order valence-corrected chi connectivity index (χ3v) is 3.15. The Morgan fingerprint density at radius 1 is 1.43 bits per heavy atom. The Hall–Kier alpha value is -2.01. The van der Waals surface area contributed by atoms with Crippen molar-refractivity contribution < 1.29 is 14.4 Å². The van der Waals surface area contributed by atoms with Crippen molar-refractivity contribution in [1.82, 2.24) is 0 Å². The Balaban J connectivity index is 2.69. The molecule has 2 aromatic rings. The third-order valence-electron chi connectivity index (χ3n) is 2.92. The molecule has 0 aliphatic carbocycles. The molecule has 2 rings (SSSR count). The van der Waals surface area contributed by atoms with Crippen molar-refractivity contribution in [3.8, 4) is 5.75 Å². The van der Waals surface area contributed by atoms with E-state index in [1.807, 2.05) is 6.92 Å². The Morgan fingerprint density at radius 3 is 2.86 bits per heavy atom. The summed E-state index contributed by atoms with van der Waals surface area (Å²) in [7, 11) is 0. The number of aromatic hydroxyl groups is 1. The molecule has 1 N–H and O–H groups in total. The largest absolute Gasteiger partial charge is 0.506 e. The van der Waals surface area contributed by atoms with Crippen LogP contribution in [-0.4, -0.2) is 17.4 Å². The maximum absolute atomic E-state index is 12.1. The van der Waals surface area contributed by atoms with Crippen LogP contribution in [0.25, 0.3) is 11.0 Å². The van der Waals surface area contributed by atoms with E-state index in [4.69, 9.17) is 20.9 Å². The van der Waals surface area contributed by atoms with Gasteiger partial charge in [-0.3, -0.25) is 0 Å². The molecule has 21 heavy (non-hydrogen) atoms. The number of halogens is 1. The van der Waals surface area contributed by atoms with Crippen LogP contribution in [0, 0.1) is 0 Å². The van der Waals surface area contributed by atoms with E-state index in [1.165, 1.54) is 0 Å². The molecule has 0 aliphatic rings. The molecule has 0 amide bonds. The number of benzene rings is 1. The second-order valence-electron chi connectivity index (χ2n) is 4.46. The molecule has 0 atom stereocenters. The van der Waals surface area contributed by atoms with Gasteiger partial charge in [-0.05, 0) is 31.5 Å². The van der Waals surface area contributed by atoms with Crippen molar-refractivity contribution in [2.24, 2.45) is 5.16 Å². The van der Waals surface area contributed by atoms with Gasteiger partial charge in [0.05, 0.1) is 11.1 Å². The molecule has 6 heteroatoms. The maximum atomic E-state index is 12.1. The molecule has 0 radical (unpaired) electrons. The lowest BCUT2D eigenvalue weighted by atomic mass is 10.0. The van der Waals surface area contributed by atoms with Crippen molar-refractivity contribution in [3.05, 3.63) is 39.2 Å². The second kappa shape index (κ2) is 6.63. The van der Waals surface area contributed by atoms with E-state index in [0.717, 1.165) is 6.42 Å². The number of fused-ring (bicyclic) bond motifs is 1. The highest BCUT2D eigenvalue weighted by atomic mass is 35.5. The fourth-order valence-corrected chi connectivity index (χ4v) is 2.18. The minimum Gasteiger partial charge on any atom is -0.506 e. The lowest BCUT2D eigenvalue weighted by Crippen LogP contribution is -2.15. The Labute approximate surface area is 126 Å². The van der Waals surface area contributed by atoms with Crippen LogP contribution in [-0.2, 0) is 4.84 Å². The van der Waals surface area contributed by atoms with Crippen LogP contribution in [0.5, 0.6) is 5.75 Å². The molecule has 0 aliphatic heterocycles. The van der Waals surface area contributed by atoms with Crippen molar-refractivity contribution >= 4 is 28.3 Å². The first-order valence-corrected chi connectivity index (χ1v) is 7.10. The van der Waals surface area contributed by atoms with Crippen LogP contribution < -0.4 is 5.63 Å². The van der Waals surface area contributed by atoms with Gasteiger partial charge in [-0.2, -0.15) is 0 Å². The summed E-state index contributed by atoms with van der Waals surface area (Å²) in [6, 6.07) is 4.68. The molecular formula is C15H16ClNO4. The molecule has 1 heterocycles. The fourth-order valence-electron chi connectivity index (χ4n) is 2.01. The zero-order valence-electron chi connectivity index (χ0n) is 11.9. The second-order valence-corrected chi connectivity index (χ2v) is 4.90. The smallest absolute Gasteiger partial charge is 0.349 e. The third kappa shape index (κ3) is 3.19. The molecule has 1 aromatic heterocycles. The average Bonchev–Trinajstić information content (AvgIpc) is 2.45. The molecule has 0 fully saturated rings. The normalized spacial score (nSPS) is 11.9. The predicted octanol–water partition coefficient (Wildman–Crippen LogP) is 3.69. The van der Waals surface area contributed by atoms with Crippen molar-refractivity contribution in [3.63, 3.8) is 0 Å². The highest BCUT2D eigenvalue weighted by Crippen LogP contribution is 2.29. The summed E-state index contributed by atoms with van der Waals surface area (Å²) in [5.41, 5.74) is 0.0275. The van der Waals surface area contributed by atoms with Gasteiger partial charge >= 0.3 is 5.63 Å². The van der Waals surface area contributed by atoms with Crippen molar-refractivity contribution in [2.75, 3.05) is 6.61 Å². The van der Waals surface area contributed by atoms with E-state index in [2.05, 4.69) is 5.16 Å². The van der Waals surface area contributed by atoms with E-state index in [1.54, 1.807) is 25.1 Å². The van der Waals surface area contributed by atoms with Gasteiger partial charge in [-0.25, -0.2) is 4.79 Å². The van der Waals surface area contributed by atoms with Gasteiger partial charge in [0, 0.05) is 5.02 Å². The predicted molar refractivity (Wildman–Crippen MR) is 82.2 cm³/mol. The van der Waals surface area contributed by atoms with Crippen LogP contribution in [0.3, 0.4) is 0 Å². The average molecular weight is 310 g/mol. The lowest BCUT2D eigenvalue weighted by molar-refractivity contribution is 0.158.